The summed E-state index contributed by atoms with van der Waals surface area (Å²) in [5.41, 5.74) is 2.18. The third kappa shape index (κ3) is 5.89. The first-order valence-corrected chi connectivity index (χ1v) is 10.6. The van der Waals surface area contributed by atoms with Gasteiger partial charge in [0, 0.05) is 6.54 Å². The first kappa shape index (κ1) is 22.8. The summed E-state index contributed by atoms with van der Waals surface area (Å²) in [6.45, 7) is 3.14. The van der Waals surface area contributed by atoms with Crippen molar-refractivity contribution in [3.63, 3.8) is 0 Å². The number of ether oxygens (including phenoxy) is 3. The number of carbonyl (C=O) groups is 1. The minimum Gasteiger partial charge on any atom is -0.497 e. The van der Waals surface area contributed by atoms with Crippen LogP contribution in [-0.2, 0) is 22.6 Å². The van der Waals surface area contributed by atoms with Gasteiger partial charge >= 0.3 is 0 Å². The maximum atomic E-state index is 12.7. The summed E-state index contributed by atoms with van der Waals surface area (Å²) in [4.78, 5) is 21.4. The van der Waals surface area contributed by atoms with E-state index in [1.54, 1.807) is 31.0 Å². The van der Waals surface area contributed by atoms with Crippen molar-refractivity contribution < 1.29 is 24.1 Å². The van der Waals surface area contributed by atoms with Gasteiger partial charge in [0.2, 0.25) is 0 Å². The molecule has 2 unspecified atom stereocenters. The Morgan fingerprint density at radius 1 is 1.21 bits per heavy atom. The Labute approximate surface area is 190 Å². The van der Waals surface area contributed by atoms with Crippen molar-refractivity contribution in [2.45, 2.75) is 32.2 Å². The highest BCUT2D eigenvalue weighted by molar-refractivity contribution is 5.93. The van der Waals surface area contributed by atoms with Gasteiger partial charge in [-0.3, -0.25) is 4.79 Å². The average molecular weight is 454 g/mol. The second-order valence-corrected chi connectivity index (χ2v) is 7.64. The number of aliphatic hydroxyl groups excluding tert-OH is 1. The molecule has 33 heavy (non-hydrogen) atoms. The van der Waals surface area contributed by atoms with Crippen LogP contribution in [0.5, 0.6) is 5.75 Å². The van der Waals surface area contributed by atoms with Gasteiger partial charge in [-0.2, -0.15) is 0 Å². The topological polar surface area (TPSA) is 134 Å². The summed E-state index contributed by atoms with van der Waals surface area (Å²) < 4.78 is 18.1. The zero-order valence-electron chi connectivity index (χ0n) is 18.5. The van der Waals surface area contributed by atoms with Crippen LogP contribution in [0.2, 0.25) is 0 Å². The summed E-state index contributed by atoms with van der Waals surface area (Å²) in [6.07, 6.45) is 1.26. The lowest BCUT2D eigenvalue weighted by molar-refractivity contribution is -0.149. The fourth-order valence-corrected chi connectivity index (χ4v) is 3.38. The molecule has 2 atom stereocenters. The van der Waals surface area contributed by atoms with E-state index in [0.717, 1.165) is 11.3 Å². The van der Waals surface area contributed by atoms with Gasteiger partial charge in [0.15, 0.2) is 0 Å². The minimum atomic E-state index is -0.317. The summed E-state index contributed by atoms with van der Waals surface area (Å²) in [5.74, 6) is 0.860. The molecule has 0 radical (unpaired) electrons. The maximum Gasteiger partial charge on any atom is 0.270 e. The van der Waals surface area contributed by atoms with Crippen LogP contribution >= 0.6 is 0 Å². The Balaban J connectivity index is 1.41. The van der Waals surface area contributed by atoms with E-state index in [2.05, 4.69) is 25.6 Å². The van der Waals surface area contributed by atoms with E-state index in [1.165, 1.54) is 0 Å². The molecule has 2 N–H and O–H groups in total. The molecule has 2 aromatic heterocycles. The van der Waals surface area contributed by atoms with Crippen molar-refractivity contribution in [2.24, 2.45) is 0 Å². The number of nitrogens with zero attached hydrogens (tertiary/aromatic N) is 5. The van der Waals surface area contributed by atoms with Crippen LogP contribution in [0.25, 0.3) is 11.4 Å². The molecule has 1 saturated heterocycles. The molecule has 1 amide bonds. The second kappa shape index (κ2) is 10.5. The van der Waals surface area contributed by atoms with Gasteiger partial charge < -0.3 is 24.6 Å². The molecule has 174 valence electrons. The molecule has 3 heterocycles. The first-order valence-electron chi connectivity index (χ1n) is 10.6. The summed E-state index contributed by atoms with van der Waals surface area (Å²) in [7, 11) is 1.60. The van der Waals surface area contributed by atoms with Crippen LogP contribution in [0, 0.1) is 6.92 Å². The third-order valence-corrected chi connectivity index (χ3v) is 5.09. The molecule has 0 spiro atoms. The van der Waals surface area contributed by atoms with Crippen molar-refractivity contribution in [3.05, 3.63) is 53.6 Å². The van der Waals surface area contributed by atoms with E-state index in [4.69, 9.17) is 19.3 Å². The van der Waals surface area contributed by atoms with Crippen LogP contribution in [0.15, 0.2) is 36.5 Å². The van der Waals surface area contributed by atoms with Crippen LogP contribution in [-0.4, -0.2) is 75.1 Å². The highest BCUT2D eigenvalue weighted by atomic mass is 16.6. The monoisotopic (exact) mass is 454 g/mol. The van der Waals surface area contributed by atoms with Gasteiger partial charge in [-0.1, -0.05) is 17.3 Å². The van der Waals surface area contributed by atoms with Gasteiger partial charge in [-0.15, -0.1) is 5.10 Å². The SMILES string of the molecule is COc1cccc(CNC(=O)c2cc(-c3cn(CC4COC(CO)CO4)nn3)nc(C)n2)c1. The fourth-order valence-electron chi connectivity index (χ4n) is 3.38. The summed E-state index contributed by atoms with van der Waals surface area (Å²) in [6, 6.07) is 9.07. The Hall–Kier alpha value is -3.41. The Morgan fingerprint density at radius 3 is 2.79 bits per heavy atom. The quantitative estimate of drug-likeness (QED) is 0.506. The molecule has 4 rings (SSSR count). The molecule has 0 saturated carbocycles. The molecule has 3 aromatic rings. The lowest BCUT2D eigenvalue weighted by Gasteiger charge is -2.28. The number of benzene rings is 1. The molecule has 0 aliphatic carbocycles. The number of aromatic nitrogens is 5. The number of methoxy groups -OCH3 is 1. The fraction of sp³-hybridized carbons (Fsp3) is 0.409. The molecular formula is C22H26N6O5. The standard InChI is InChI=1S/C22H26N6O5/c1-14-24-19(21-10-28(27-26-21)9-17-12-33-18(11-29)13-32-17)7-20(25-14)22(30)23-8-15-4-3-5-16(6-15)31-2/h3-7,10,17-18,29H,8-9,11-13H2,1-2H3,(H,23,30). The number of nitrogens with one attached hydrogen (secondary N) is 1. The Bertz CT molecular complexity index is 1100. The lowest BCUT2D eigenvalue weighted by Crippen LogP contribution is -2.39. The van der Waals surface area contributed by atoms with Crippen molar-refractivity contribution in [2.75, 3.05) is 26.9 Å². The van der Waals surface area contributed by atoms with Crippen LogP contribution < -0.4 is 10.1 Å². The molecule has 11 heteroatoms. The maximum absolute atomic E-state index is 12.7. The van der Waals surface area contributed by atoms with E-state index in [-0.39, 0.29) is 30.4 Å². The van der Waals surface area contributed by atoms with Gasteiger partial charge in [-0.25, -0.2) is 14.6 Å². The van der Waals surface area contributed by atoms with Crippen LogP contribution in [0.1, 0.15) is 21.9 Å². The molecular weight excluding hydrogens is 428 g/mol. The van der Waals surface area contributed by atoms with Crippen molar-refractivity contribution in [1.29, 1.82) is 0 Å². The van der Waals surface area contributed by atoms with Crippen molar-refractivity contribution in [1.82, 2.24) is 30.3 Å². The van der Waals surface area contributed by atoms with E-state index in [0.29, 0.717) is 43.5 Å². The molecule has 1 fully saturated rings. The van der Waals surface area contributed by atoms with Crippen molar-refractivity contribution in [3.8, 4) is 17.1 Å². The number of hydrogen-bond acceptors (Lipinski definition) is 9. The number of carbonyl (C=O) groups excluding carboxylic acids is 1. The number of rotatable bonds is 8. The predicted octanol–water partition coefficient (Wildman–Crippen LogP) is 0.758. The highest BCUT2D eigenvalue weighted by Crippen LogP contribution is 2.17. The van der Waals surface area contributed by atoms with E-state index >= 15 is 0 Å². The van der Waals surface area contributed by atoms with Gasteiger partial charge in [0.25, 0.3) is 5.91 Å². The highest BCUT2D eigenvalue weighted by Gasteiger charge is 2.23. The molecule has 0 bridgehead atoms. The van der Waals surface area contributed by atoms with E-state index in [1.807, 2.05) is 24.3 Å². The minimum absolute atomic E-state index is 0.0668. The zero-order chi connectivity index (χ0) is 23.2. The first-order chi connectivity index (χ1) is 16.0. The number of aliphatic hydroxyl groups is 1. The molecule has 11 nitrogen and oxygen atoms in total. The number of hydrogen-bond donors (Lipinski definition) is 2. The largest absolute Gasteiger partial charge is 0.497 e. The van der Waals surface area contributed by atoms with Crippen LogP contribution in [0.3, 0.4) is 0 Å². The number of aryl methyl sites for hydroxylation is 1. The van der Waals surface area contributed by atoms with E-state index in [9.17, 15) is 4.79 Å². The molecule has 1 aromatic carbocycles. The van der Waals surface area contributed by atoms with E-state index < -0.39 is 0 Å². The smallest absolute Gasteiger partial charge is 0.270 e. The lowest BCUT2D eigenvalue weighted by atomic mass is 10.2. The van der Waals surface area contributed by atoms with Gasteiger partial charge in [0.1, 0.15) is 35.2 Å². The average Bonchev–Trinajstić information content (AvgIpc) is 3.31. The predicted molar refractivity (Wildman–Crippen MR) is 117 cm³/mol. The zero-order valence-corrected chi connectivity index (χ0v) is 18.5. The second-order valence-electron chi connectivity index (χ2n) is 7.64. The van der Waals surface area contributed by atoms with Gasteiger partial charge in [-0.05, 0) is 30.7 Å². The molecule has 1 aliphatic heterocycles. The molecule has 1 aliphatic rings. The van der Waals surface area contributed by atoms with Gasteiger partial charge in [0.05, 0.1) is 45.4 Å². The third-order valence-electron chi connectivity index (χ3n) is 5.09. The number of amides is 1. The Morgan fingerprint density at radius 2 is 2.03 bits per heavy atom. The Kier molecular flexibility index (Phi) is 7.23. The van der Waals surface area contributed by atoms with Crippen molar-refractivity contribution >= 4 is 5.91 Å². The summed E-state index contributed by atoms with van der Waals surface area (Å²) in [5, 5.41) is 20.3. The normalized spacial score (nSPS) is 18.2. The van der Waals surface area contributed by atoms with Crippen LogP contribution in [0.4, 0.5) is 0 Å². The summed E-state index contributed by atoms with van der Waals surface area (Å²) >= 11 is 0.